The van der Waals surface area contributed by atoms with Crippen molar-refractivity contribution in [2.24, 2.45) is 0 Å². The molecule has 2 heterocycles. The summed E-state index contributed by atoms with van der Waals surface area (Å²) in [4.78, 5) is 17.8. The van der Waals surface area contributed by atoms with E-state index < -0.39 is 0 Å². The number of likely N-dealkylation sites (tertiary alicyclic amines) is 2. The number of hydrogen-bond donors (Lipinski definition) is 1. The van der Waals surface area contributed by atoms with Gasteiger partial charge in [0.15, 0.2) is 0 Å². The fourth-order valence-corrected chi connectivity index (χ4v) is 4.64. The minimum atomic E-state index is 0.122. The number of ether oxygens (including phenoxy) is 1. The Bertz CT molecular complexity index is 884. The molecule has 1 amide bonds. The maximum atomic E-state index is 13.2. The third-order valence-electron chi connectivity index (χ3n) is 5.92. The third-order valence-corrected chi connectivity index (χ3v) is 6.18. The Kier molecular flexibility index (Phi) is 5.81. The zero-order chi connectivity index (χ0) is 20.5. The number of rotatable bonds is 6. The minimum absolute atomic E-state index is 0.122. The predicted molar refractivity (Wildman–Crippen MR) is 116 cm³/mol. The zero-order valence-corrected chi connectivity index (χ0v) is 17.9. The van der Waals surface area contributed by atoms with Crippen molar-refractivity contribution < 1.29 is 9.53 Å². The molecule has 4 rings (SSSR count). The van der Waals surface area contributed by atoms with Gasteiger partial charge in [-0.2, -0.15) is 0 Å². The van der Waals surface area contributed by atoms with Crippen LogP contribution in [0.4, 0.5) is 0 Å². The van der Waals surface area contributed by atoms with Crippen molar-refractivity contribution in [1.29, 1.82) is 0 Å². The summed E-state index contributed by atoms with van der Waals surface area (Å²) in [6.45, 7) is 6.89. The van der Waals surface area contributed by atoms with E-state index in [1.807, 2.05) is 37.4 Å². The van der Waals surface area contributed by atoms with Crippen molar-refractivity contribution in [3.8, 4) is 11.5 Å². The average molecular weight is 414 g/mol. The van der Waals surface area contributed by atoms with Crippen LogP contribution in [0, 0.1) is 0 Å². The highest BCUT2D eigenvalue weighted by atomic mass is 35.5. The standard InChI is InChI=1S/C23H28ClN3O2/c1-15(2)26-13-20-11-19(26)14-27(20)23(28)16-4-9-22(17(10-16)12-25-3)29-21-7-5-18(24)6-8-21/h4-10,15,19-20,25H,11-14H2,1-3H3. The van der Waals surface area contributed by atoms with Crippen molar-refractivity contribution >= 4 is 17.5 Å². The maximum Gasteiger partial charge on any atom is 0.254 e. The molecule has 1 N–H and O–H groups in total. The second-order valence-corrected chi connectivity index (χ2v) is 8.64. The Balaban J connectivity index is 1.52. The molecule has 2 aliphatic heterocycles. The Hall–Kier alpha value is -2.08. The first-order valence-electron chi connectivity index (χ1n) is 10.2. The smallest absolute Gasteiger partial charge is 0.254 e. The molecule has 0 spiro atoms. The lowest BCUT2D eigenvalue weighted by molar-refractivity contribution is 0.0583. The van der Waals surface area contributed by atoms with Crippen molar-refractivity contribution in [3.05, 3.63) is 58.6 Å². The molecule has 0 radical (unpaired) electrons. The van der Waals surface area contributed by atoms with Crippen LogP contribution in [0.1, 0.15) is 36.2 Å². The first kappa shape index (κ1) is 20.2. The second kappa shape index (κ2) is 8.34. The number of halogens is 1. The largest absolute Gasteiger partial charge is 0.457 e. The first-order valence-corrected chi connectivity index (χ1v) is 10.6. The van der Waals surface area contributed by atoms with Crippen LogP contribution in [0.5, 0.6) is 11.5 Å². The van der Waals surface area contributed by atoms with Crippen LogP contribution in [-0.4, -0.2) is 54.0 Å². The molecule has 2 saturated heterocycles. The minimum Gasteiger partial charge on any atom is -0.457 e. The van der Waals surface area contributed by atoms with Crippen LogP contribution >= 0.6 is 11.6 Å². The van der Waals surface area contributed by atoms with Gasteiger partial charge in [-0.3, -0.25) is 9.69 Å². The monoisotopic (exact) mass is 413 g/mol. The molecule has 2 aromatic carbocycles. The average Bonchev–Trinajstić information content (AvgIpc) is 3.32. The normalized spacial score (nSPS) is 21.2. The summed E-state index contributed by atoms with van der Waals surface area (Å²) in [5.74, 6) is 1.58. The van der Waals surface area contributed by atoms with Gasteiger partial charge in [-0.15, -0.1) is 0 Å². The van der Waals surface area contributed by atoms with Gasteiger partial charge in [-0.1, -0.05) is 11.6 Å². The van der Waals surface area contributed by atoms with Gasteiger partial charge >= 0.3 is 0 Å². The molecular formula is C23H28ClN3O2. The molecule has 2 fully saturated rings. The lowest BCUT2D eigenvalue weighted by Crippen LogP contribution is -2.50. The van der Waals surface area contributed by atoms with Crippen LogP contribution in [0.25, 0.3) is 0 Å². The molecule has 2 atom stereocenters. The summed E-state index contributed by atoms with van der Waals surface area (Å²) in [7, 11) is 1.89. The maximum absolute atomic E-state index is 13.2. The van der Waals surface area contributed by atoms with E-state index in [9.17, 15) is 4.79 Å². The highest BCUT2D eigenvalue weighted by Gasteiger charge is 2.45. The Morgan fingerprint density at radius 3 is 2.55 bits per heavy atom. The van der Waals surface area contributed by atoms with E-state index >= 15 is 0 Å². The van der Waals surface area contributed by atoms with Crippen molar-refractivity contribution in [1.82, 2.24) is 15.1 Å². The molecule has 6 heteroatoms. The van der Waals surface area contributed by atoms with E-state index in [4.69, 9.17) is 16.3 Å². The molecule has 154 valence electrons. The quantitative estimate of drug-likeness (QED) is 0.772. The van der Waals surface area contributed by atoms with Gasteiger partial charge in [0.25, 0.3) is 5.91 Å². The Morgan fingerprint density at radius 2 is 1.93 bits per heavy atom. The summed E-state index contributed by atoms with van der Waals surface area (Å²) in [6.07, 6.45) is 1.09. The third kappa shape index (κ3) is 4.13. The zero-order valence-electron chi connectivity index (χ0n) is 17.2. The summed E-state index contributed by atoms with van der Waals surface area (Å²) in [5, 5.41) is 3.84. The molecule has 2 unspecified atom stereocenters. The number of carbonyl (C=O) groups excluding carboxylic acids is 1. The van der Waals surface area contributed by atoms with Crippen LogP contribution in [0.2, 0.25) is 5.02 Å². The number of nitrogens with zero attached hydrogens (tertiary/aromatic N) is 2. The van der Waals surface area contributed by atoms with Gasteiger partial charge in [-0.05, 0) is 69.8 Å². The SMILES string of the molecule is CNCc1cc(C(=O)N2CC3CC2CN3C(C)C)ccc1Oc1ccc(Cl)cc1. The topological polar surface area (TPSA) is 44.8 Å². The number of piperazine rings is 1. The van der Waals surface area contributed by atoms with Gasteiger partial charge in [0.1, 0.15) is 11.5 Å². The first-order chi connectivity index (χ1) is 14.0. The van der Waals surface area contributed by atoms with E-state index in [0.29, 0.717) is 29.7 Å². The second-order valence-electron chi connectivity index (χ2n) is 8.20. The van der Waals surface area contributed by atoms with E-state index in [1.54, 1.807) is 12.1 Å². The van der Waals surface area contributed by atoms with Crippen LogP contribution in [0.15, 0.2) is 42.5 Å². The number of fused-ring (bicyclic) bond motifs is 2. The molecule has 0 aliphatic carbocycles. The highest BCUT2D eigenvalue weighted by molar-refractivity contribution is 6.30. The van der Waals surface area contributed by atoms with E-state index in [1.165, 1.54) is 0 Å². The summed E-state index contributed by atoms with van der Waals surface area (Å²) in [6, 6.07) is 14.4. The van der Waals surface area contributed by atoms with E-state index in [-0.39, 0.29) is 5.91 Å². The van der Waals surface area contributed by atoms with Crippen molar-refractivity contribution in [2.75, 3.05) is 20.1 Å². The lowest BCUT2D eigenvalue weighted by atomic mass is 10.1. The molecule has 5 nitrogen and oxygen atoms in total. The molecule has 29 heavy (non-hydrogen) atoms. The van der Waals surface area contributed by atoms with Crippen LogP contribution in [-0.2, 0) is 6.54 Å². The molecule has 2 aromatic rings. The predicted octanol–water partition coefficient (Wildman–Crippen LogP) is 4.16. The molecule has 0 saturated carbocycles. The summed E-state index contributed by atoms with van der Waals surface area (Å²) >= 11 is 5.96. The van der Waals surface area contributed by atoms with Crippen molar-refractivity contribution in [3.63, 3.8) is 0 Å². The fourth-order valence-electron chi connectivity index (χ4n) is 4.52. The molecule has 2 bridgehead atoms. The number of hydrogen-bond acceptors (Lipinski definition) is 4. The Morgan fingerprint density at radius 1 is 1.17 bits per heavy atom. The van der Waals surface area contributed by atoms with Gasteiger partial charge in [0, 0.05) is 53.9 Å². The fraction of sp³-hybridized carbons (Fsp3) is 0.435. The van der Waals surface area contributed by atoms with E-state index in [0.717, 1.165) is 42.1 Å². The van der Waals surface area contributed by atoms with Crippen molar-refractivity contribution in [2.45, 2.75) is 44.9 Å². The summed E-state index contributed by atoms with van der Waals surface area (Å²) < 4.78 is 6.04. The van der Waals surface area contributed by atoms with Gasteiger partial charge in [-0.25, -0.2) is 0 Å². The van der Waals surface area contributed by atoms with Crippen LogP contribution in [0.3, 0.4) is 0 Å². The van der Waals surface area contributed by atoms with Gasteiger partial charge < -0.3 is 15.0 Å². The van der Waals surface area contributed by atoms with Gasteiger partial charge in [0.2, 0.25) is 0 Å². The Labute approximate surface area is 177 Å². The summed E-state index contributed by atoms with van der Waals surface area (Å²) in [5.41, 5.74) is 1.68. The molecule has 0 aromatic heterocycles. The lowest BCUT2D eigenvalue weighted by Gasteiger charge is -2.36. The molecular weight excluding hydrogens is 386 g/mol. The molecule has 2 aliphatic rings. The van der Waals surface area contributed by atoms with E-state index in [2.05, 4.69) is 29.0 Å². The number of carbonyl (C=O) groups is 1. The van der Waals surface area contributed by atoms with Crippen LogP contribution < -0.4 is 10.1 Å². The number of nitrogens with one attached hydrogen (secondary N) is 1. The number of amides is 1. The highest BCUT2D eigenvalue weighted by Crippen LogP contribution is 2.34. The number of benzene rings is 2. The van der Waals surface area contributed by atoms with Gasteiger partial charge in [0.05, 0.1) is 0 Å².